The number of halogens is 2. The second kappa shape index (κ2) is 9.05. The monoisotopic (exact) mass is 454 g/mol. The van der Waals surface area contributed by atoms with E-state index in [1.807, 2.05) is 0 Å². The molecule has 0 saturated heterocycles. The molecule has 2 aliphatic rings. The molecule has 2 aromatic carbocycles. The molecule has 172 valence electrons. The van der Waals surface area contributed by atoms with Gasteiger partial charge in [-0.2, -0.15) is 0 Å². The van der Waals surface area contributed by atoms with E-state index < -0.39 is 29.1 Å². The van der Waals surface area contributed by atoms with Crippen LogP contribution in [0.5, 0.6) is 11.5 Å². The fourth-order valence-electron chi connectivity index (χ4n) is 4.45. The van der Waals surface area contributed by atoms with E-state index >= 15 is 0 Å². The van der Waals surface area contributed by atoms with Crippen LogP contribution in [0.3, 0.4) is 0 Å². The number of allylic oxidation sites excluding steroid dienone is 3. The van der Waals surface area contributed by atoms with E-state index in [1.54, 1.807) is 25.1 Å². The number of para-hydroxylation sites is 1. The Morgan fingerprint density at radius 2 is 1.76 bits per heavy atom. The summed E-state index contributed by atoms with van der Waals surface area (Å²) in [5.74, 6) is -2.34. The number of hydrogen-bond acceptors (Lipinski definition) is 5. The zero-order valence-electron chi connectivity index (χ0n) is 18.6. The molecule has 4 rings (SSSR count). The van der Waals surface area contributed by atoms with Crippen molar-refractivity contribution in [3.05, 3.63) is 76.1 Å². The largest absolute Gasteiger partial charge is 0.493 e. The smallest absolute Gasteiger partial charge is 0.254 e. The van der Waals surface area contributed by atoms with Crippen molar-refractivity contribution in [2.45, 2.75) is 32.1 Å². The van der Waals surface area contributed by atoms with E-state index in [1.165, 1.54) is 20.3 Å². The van der Waals surface area contributed by atoms with Gasteiger partial charge in [-0.05, 0) is 49.6 Å². The Hall–Kier alpha value is -3.68. The second-order valence-electron chi connectivity index (χ2n) is 7.93. The summed E-state index contributed by atoms with van der Waals surface area (Å²) < 4.78 is 39.2. The van der Waals surface area contributed by atoms with Gasteiger partial charge in [0.2, 0.25) is 0 Å². The first kappa shape index (κ1) is 22.5. The van der Waals surface area contributed by atoms with Crippen molar-refractivity contribution in [2.75, 3.05) is 19.5 Å². The van der Waals surface area contributed by atoms with Crippen LogP contribution in [0.15, 0.2) is 58.9 Å². The highest BCUT2D eigenvalue weighted by Crippen LogP contribution is 2.44. The Bertz CT molecular complexity index is 1180. The number of ether oxygens (including phenoxy) is 2. The molecule has 2 N–H and O–H groups in total. The Morgan fingerprint density at radius 1 is 1.06 bits per heavy atom. The van der Waals surface area contributed by atoms with Gasteiger partial charge < -0.3 is 20.1 Å². The quantitative estimate of drug-likeness (QED) is 0.691. The van der Waals surface area contributed by atoms with E-state index in [4.69, 9.17) is 9.47 Å². The number of benzene rings is 2. The molecule has 0 bridgehead atoms. The molecule has 1 aliphatic heterocycles. The minimum Gasteiger partial charge on any atom is -0.493 e. The maximum Gasteiger partial charge on any atom is 0.254 e. The summed E-state index contributed by atoms with van der Waals surface area (Å²) in [6.07, 6.45) is 1.73. The van der Waals surface area contributed by atoms with Gasteiger partial charge in [0.1, 0.15) is 17.3 Å². The molecule has 1 amide bonds. The molecular formula is C25H24F2N2O4. The average Bonchev–Trinajstić information content (AvgIpc) is 2.80. The average molecular weight is 454 g/mol. The molecule has 33 heavy (non-hydrogen) atoms. The van der Waals surface area contributed by atoms with E-state index in [-0.39, 0.29) is 11.4 Å². The van der Waals surface area contributed by atoms with Crippen LogP contribution in [0.1, 0.15) is 37.7 Å². The van der Waals surface area contributed by atoms with E-state index in [9.17, 15) is 18.4 Å². The lowest BCUT2D eigenvalue weighted by Crippen LogP contribution is -2.35. The van der Waals surface area contributed by atoms with Crippen LogP contribution < -0.4 is 20.1 Å². The number of hydrogen-bond donors (Lipinski definition) is 2. The number of dihydropyridines is 1. The number of carbonyl (C=O) groups is 2. The molecular weight excluding hydrogens is 430 g/mol. The Kier molecular flexibility index (Phi) is 6.18. The Labute approximate surface area is 190 Å². The first-order valence-corrected chi connectivity index (χ1v) is 10.6. The molecule has 0 radical (unpaired) electrons. The van der Waals surface area contributed by atoms with Gasteiger partial charge in [-0.25, -0.2) is 8.78 Å². The molecule has 8 heteroatoms. The zero-order chi connectivity index (χ0) is 23.7. The van der Waals surface area contributed by atoms with Gasteiger partial charge in [0.25, 0.3) is 5.91 Å². The number of amides is 1. The van der Waals surface area contributed by atoms with E-state index in [0.717, 1.165) is 17.8 Å². The van der Waals surface area contributed by atoms with Gasteiger partial charge in [-0.15, -0.1) is 0 Å². The molecule has 0 saturated carbocycles. The summed E-state index contributed by atoms with van der Waals surface area (Å²) in [5.41, 5.74) is 2.06. The minimum atomic E-state index is -0.887. The molecule has 0 spiro atoms. The Morgan fingerprint density at radius 3 is 2.42 bits per heavy atom. The van der Waals surface area contributed by atoms with Crippen molar-refractivity contribution in [3.63, 3.8) is 0 Å². The van der Waals surface area contributed by atoms with E-state index in [2.05, 4.69) is 10.6 Å². The van der Waals surface area contributed by atoms with Gasteiger partial charge >= 0.3 is 0 Å². The molecule has 0 aromatic heterocycles. The fraction of sp³-hybridized carbons (Fsp3) is 0.280. The van der Waals surface area contributed by atoms with Crippen molar-refractivity contribution < 1.29 is 27.8 Å². The maximum atomic E-state index is 14.2. The van der Waals surface area contributed by atoms with Crippen molar-refractivity contribution in [1.82, 2.24) is 5.32 Å². The SMILES string of the molecule is COc1ccc(C2C(C(=O)Nc3c(F)cccc3F)=C(C)NC3=C2C(=O)CCC3)cc1OC. The lowest BCUT2D eigenvalue weighted by molar-refractivity contribution is -0.116. The number of carbonyl (C=O) groups excluding carboxylic acids is 2. The first-order chi connectivity index (χ1) is 15.8. The summed E-state index contributed by atoms with van der Waals surface area (Å²) in [6, 6.07) is 8.52. The molecule has 1 unspecified atom stereocenters. The summed E-state index contributed by atoms with van der Waals surface area (Å²) in [5, 5.41) is 5.54. The fourth-order valence-corrected chi connectivity index (χ4v) is 4.45. The van der Waals surface area contributed by atoms with Crippen molar-refractivity contribution >= 4 is 17.4 Å². The zero-order valence-corrected chi connectivity index (χ0v) is 18.6. The number of rotatable bonds is 5. The lowest BCUT2D eigenvalue weighted by atomic mass is 9.75. The van der Waals surface area contributed by atoms with Crippen LogP contribution in [0.4, 0.5) is 14.5 Å². The van der Waals surface area contributed by atoms with Crippen LogP contribution >= 0.6 is 0 Å². The first-order valence-electron chi connectivity index (χ1n) is 10.6. The van der Waals surface area contributed by atoms with Crippen molar-refractivity contribution in [3.8, 4) is 11.5 Å². The maximum absolute atomic E-state index is 14.2. The van der Waals surface area contributed by atoms with Crippen LogP contribution in [-0.2, 0) is 9.59 Å². The third-order valence-electron chi connectivity index (χ3n) is 5.96. The van der Waals surface area contributed by atoms with E-state index in [0.29, 0.717) is 47.6 Å². The molecule has 2 aromatic rings. The second-order valence-corrected chi connectivity index (χ2v) is 7.93. The summed E-state index contributed by atoms with van der Waals surface area (Å²) >= 11 is 0. The normalized spacial score (nSPS) is 18.0. The van der Waals surface area contributed by atoms with Crippen LogP contribution in [0.25, 0.3) is 0 Å². The molecule has 6 nitrogen and oxygen atoms in total. The number of methoxy groups -OCH3 is 2. The number of Topliss-reactive ketones (excluding diaryl/α,β-unsaturated/α-hetero) is 1. The van der Waals surface area contributed by atoms with Gasteiger partial charge in [0.05, 0.1) is 14.2 Å². The lowest BCUT2D eigenvalue weighted by Gasteiger charge is -2.34. The third kappa shape index (κ3) is 4.08. The number of ketones is 1. The topological polar surface area (TPSA) is 76.7 Å². The van der Waals surface area contributed by atoms with Gasteiger partial charge in [-0.1, -0.05) is 12.1 Å². The predicted octanol–water partition coefficient (Wildman–Crippen LogP) is 4.59. The van der Waals surface area contributed by atoms with Gasteiger partial charge in [0.15, 0.2) is 17.3 Å². The summed E-state index contributed by atoms with van der Waals surface area (Å²) in [7, 11) is 3.01. The van der Waals surface area contributed by atoms with Crippen LogP contribution in [-0.4, -0.2) is 25.9 Å². The highest BCUT2D eigenvalue weighted by Gasteiger charge is 2.39. The van der Waals surface area contributed by atoms with Crippen molar-refractivity contribution in [1.29, 1.82) is 0 Å². The molecule has 1 atom stereocenters. The number of nitrogens with one attached hydrogen (secondary N) is 2. The predicted molar refractivity (Wildman–Crippen MR) is 119 cm³/mol. The summed E-state index contributed by atoms with van der Waals surface area (Å²) in [6.45, 7) is 1.71. The molecule has 0 fully saturated rings. The standard InChI is InChI=1S/C25H24F2N2O4/c1-13-21(25(31)29-24-15(26)6-4-7-16(24)27)22(23-17(28-13)8-5-9-18(23)30)14-10-11-19(32-2)20(12-14)33-3/h4,6-7,10-12,22,28H,5,8-9H2,1-3H3,(H,29,31). The van der Waals surface area contributed by atoms with Gasteiger partial charge in [-0.3, -0.25) is 9.59 Å². The van der Waals surface area contributed by atoms with Crippen LogP contribution in [0, 0.1) is 11.6 Å². The summed E-state index contributed by atoms with van der Waals surface area (Å²) in [4.78, 5) is 26.4. The minimum absolute atomic E-state index is 0.0709. The highest BCUT2D eigenvalue weighted by atomic mass is 19.1. The van der Waals surface area contributed by atoms with Gasteiger partial charge in [0, 0.05) is 34.9 Å². The van der Waals surface area contributed by atoms with Crippen LogP contribution in [0.2, 0.25) is 0 Å². The van der Waals surface area contributed by atoms with Crippen molar-refractivity contribution in [2.24, 2.45) is 0 Å². The molecule has 1 heterocycles. The molecule has 1 aliphatic carbocycles. The highest BCUT2D eigenvalue weighted by molar-refractivity contribution is 6.09. The Balaban J connectivity index is 1.84. The third-order valence-corrected chi connectivity index (χ3v) is 5.96. The number of anilines is 1.